The normalized spacial score (nSPS) is 15.1. The first kappa shape index (κ1) is 12.7. The fourth-order valence-electron chi connectivity index (χ4n) is 1.52. The minimum absolute atomic E-state index is 0.105. The van der Waals surface area contributed by atoms with Crippen LogP contribution in [0.4, 0.5) is 0 Å². The smallest absolute Gasteiger partial charge is 0.306 e. The van der Waals surface area contributed by atoms with E-state index >= 15 is 0 Å². The van der Waals surface area contributed by atoms with E-state index in [1.54, 1.807) is 6.92 Å². The van der Waals surface area contributed by atoms with Crippen LogP contribution in [0.25, 0.3) is 0 Å². The number of carbonyl (C=O) groups is 1. The largest absolute Gasteiger partial charge is 0.481 e. The van der Waals surface area contributed by atoms with Crippen LogP contribution in [-0.4, -0.2) is 20.9 Å². The predicted molar refractivity (Wildman–Crippen MR) is 62.3 cm³/mol. The van der Waals surface area contributed by atoms with E-state index in [1.165, 1.54) is 0 Å². The SMILES string of the molecule is CC(Cc1ccn(C(C)C)n1)C(C)C(=O)O. The van der Waals surface area contributed by atoms with Gasteiger partial charge < -0.3 is 5.11 Å². The number of aromatic nitrogens is 2. The zero-order chi connectivity index (χ0) is 12.3. The van der Waals surface area contributed by atoms with Crippen LogP contribution in [0.3, 0.4) is 0 Å². The molecule has 0 aliphatic carbocycles. The summed E-state index contributed by atoms with van der Waals surface area (Å²) >= 11 is 0. The summed E-state index contributed by atoms with van der Waals surface area (Å²) in [5.74, 6) is -0.965. The second-order valence-corrected chi connectivity index (χ2v) is 4.69. The van der Waals surface area contributed by atoms with Crippen LogP contribution in [0.5, 0.6) is 0 Å². The van der Waals surface area contributed by atoms with Crippen LogP contribution < -0.4 is 0 Å². The fourth-order valence-corrected chi connectivity index (χ4v) is 1.52. The van der Waals surface area contributed by atoms with Crippen molar-refractivity contribution in [1.82, 2.24) is 9.78 Å². The van der Waals surface area contributed by atoms with Crippen molar-refractivity contribution in [2.24, 2.45) is 11.8 Å². The second-order valence-electron chi connectivity index (χ2n) is 4.69. The zero-order valence-electron chi connectivity index (χ0n) is 10.3. The first-order valence-electron chi connectivity index (χ1n) is 5.68. The van der Waals surface area contributed by atoms with Crippen molar-refractivity contribution in [2.45, 2.75) is 40.2 Å². The molecule has 1 aromatic rings. The Morgan fingerprint density at radius 1 is 1.44 bits per heavy atom. The minimum atomic E-state index is -0.740. The molecule has 0 bridgehead atoms. The zero-order valence-corrected chi connectivity index (χ0v) is 10.3. The number of hydrogen-bond donors (Lipinski definition) is 1. The van der Waals surface area contributed by atoms with E-state index in [1.807, 2.05) is 23.9 Å². The first-order chi connectivity index (χ1) is 7.41. The van der Waals surface area contributed by atoms with Gasteiger partial charge in [0.05, 0.1) is 11.6 Å². The summed E-state index contributed by atoms with van der Waals surface area (Å²) in [7, 11) is 0. The summed E-state index contributed by atoms with van der Waals surface area (Å²) in [5.41, 5.74) is 0.967. The molecule has 16 heavy (non-hydrogen) atoms. The number of carboxylic acids is 1. The van der Waals surface area contributed by atoms with Crippen molar-refractivity contribution in [3.05, 3.63) is 18.0 Å². The Kier molecular flexibility index (Phi) is 4.10. The Bertz CT molecular complexity index is 358. The van der Waals surface area contributed by atoms with Crippen LogP contribution in [0, 0.1) is 11.8 Å². The molecule has 4 heteroatoms. The van der Waals surface area contributed by atoms with Gasteiger partial charge in [0.1, 0.15) is 0 Å². The van der Waals surface area contributed by atoms with E-state index < -0.39 is 5.97 Å². The molecule has 0 spiro atoms. The van der Waals surface area contributed by atoms with Crippen LogP contribution in [-0.2, 0) is 11.2 Å². The van der Waals surface area contributed by atoms with Gasteiger partial charge in [-0.05, 0) is 32.3 Å². The highest BCUT2D eigenvalue weighted by Gasteiger charge is 2.20. The van der Waals surface area contributed by atoms with Gasteiger partial charge in [0.2, 0.25) is 0 Å². The summed E-state index contributed by atoms with van der Waals surface area (Å²) in [5, 5.41) is 13.3. The van der Waals surface area contributed by atoms with Gasteiger partial charge in [-0.3, -0.25) is 9.48 Å². The van der Waals surface area contributed by atoms with Gasteiger partial charge in [-0.25, -0.2) is 0 Å². The van der Waals surface area contributed by atoms with E-state index in [0.29, 0.717) is 12.5 Å². The maximum Gasteiger partial charge on any atom is 0.306 e. The molecule has 0 amide bonds. The average Bonchev–Trinajstić information content (AvgIpc) is 2.64. The van der Waals surface area contributed by atoms with E-state index in [0.717, 1.165) is 5.69 Å². The molecule has 0 saturated carbocycles. The Balaban J connectivity index is 2.62. The van der Waals surface area contributed by atoms with Crippen LogP contribution in [0.2, 0.25) is 0 Å². The maximum atomic E-state index is 10.8. The maximum absolute atomic E-state index is 10.8. The lowest BCUT2D eigenvalue weighted by Crippen LogP contribution is -2.20. The third kappa shape index (κ3) is 3.08. The Hall–Kier alpha value is -1.32. The molecular formula is C12H20N2O2. The van der Waals surface area contributed by atoms with Crippen LogP contribution >= 0.6 is 0 Å². The highest BCUT2D eigenvalue weighted by atomic mass is 16.4. The lowest BCUT2D eigenvalue weighted by molar-refractivity contribution is -0.142. The number of rotatable bonds is 5. The number of aliphatic carboxylic acids is 1. The number of nitrogens with zero attached hydrogens (tertiary/aromatic N) is 2. The van der Waals surface area contributed by atoms with Gasteiger partial charge in [-0.1, -0.05) is 13.8 Å². The molecule has 1 N–H and O–H groups in total. The topological polar surface area (TPSA) is 55.1 Å². The number of hydrogen-bond acceptors (Lipinski definition) is 2. The number of carboxylic acid groups (broad SMARTS) is 1. The van der Waals surface area contributed by atoms with Gasteiger partial charge in [-0.2, -0.15) is 5.10 Å². The van der Waals surface area contributed by atoms with Gasteiger partial charge in [-0.15, -0.1) is 0 Å². The summed E-state index contributed by atoms with van der Waals surface area (Å²) in [6.45, 7) is 7.83. The van der Waals surface area contributed by atoms with Crippen molar-refractivity contribution < 1.29 is 9.90 Å². The van der Waals surface area contributed by atoms with Gasteiger partial charge in [0.15, 0.2) is 0 Å². The Labute approximate surface area is 96.3 Å². The molecule has 2 atom stereocenters. The molecule has 0 radical (unpaired) electrons. The van der Waals surface area contributed by atoms with Crippen molar-refractivity contribution in [3.63, 3.8) is 0 Å². The predicted octanol–water partition coefficient (Wildman–Crippen LogP) is 2.36. The van der Waals surface area contributed by atoms with Crippen LogP contribution in [0.15, 0.2) is 12.3 Å². The average molecular weight is 224 g/mol. The van der Waals surface area contributed by atoms with Gasteiger partial charge in [0.25, 0.3) is 0 Å². The monoisotopic (exact) mass is 224 g/mol. The highest BCUT2D eigenvalue weighted by molar-refractivity contribution is 5.69. The summed E-state index contributed by atoms with van der Waals surface area (Å²) in [6, 6.07) is 2.31. The second kappa shape index (κ2) is 5.14. The van der Waals surface area contributed by atoms with E-state index in [2.05, 4.69) is 18.9 Å². The highest BCUT2D eigenvalue weighted by Crippen LogP contribution is 2.17. The molecular weight excluding hydrogens is 204 g/mol. The molecule has 1 aromatic heterocycles. The van der Waals surface area contributed by atoms with Crippen molar-refractivity contribution in [3.8, 4) is 0 Å². The van der Waals surface area contributed by atoms with Crippen LogP contribution in [0.1, 0.15) is 39.4 Å². The molecule has 0 aliphatic heterocycles. The molecule has 90 valence electrons. The van der Waals surface area contributed by atoms with E-state index in [9.17, 15) is 4.79 Å². The lowest BCUT2D eigenvalue weighted by Gasteiger charge is -2.14. The summed E-state index contributed by atoms with van der Waals surface area (Å²) in [6.07, 6.45) is 2.66. The van der Waals surface area contributed by atoms with Crippen molar-refractivity contribution in [1.29, 1.82) is 0 Å². The summed E-state index contributed by atoms with van der Waals surface area (Å²) < 4.78 is 1.90. The molecule has 0 fully saturated rings. The molecule has 1 rings (SSSR count). The minimum Gasteiger partial charge on any atom is -0.481 e. The van der Waals surface area contributed by atoms with Gasteiger partial charge >= 0.3 is 5.97 Å². The molecule has 0 aliphatic rings. The summed E-state index contributed by atoms with van der Waals surface area (Å²) in [4.78, 5) is 10.8. The molecule has 0 aromatic carbocycles. The van der Waals surface area contributed by atoms with Crippen molar-refractivity contribution >= 4 is 5.97 Å². The van der Waals surface area contributed by atoms with E-state index in [-0.39, 0.29) is 11.8 Å². The third-order valence-electron chi connectivity index (χ3n) is 2.97. The van der Waals surface area contributed by atoms with E-state index in [4.69, 9.17) is 5.11 Å². The lowest BCUT2D eigenvalue weighted by atomic mass is 9.92. The fraction of sp³-hybridized carbons (Fsp3) is 0.667. The Morgan fingerprint density at radius 3 is 2.50 bits per heavy atom. The quantitative estimate of drug-likeness (QED) is 0.835. The van der Waals surface area contributed by atoms with Crippen molar-refractivity contribution in [2.75, 3.05) is 0 Å². The molecule has 2 unspecified atom stereocenters. The molecule has 1 heterocycles. The standard InChI is InChI=1S/C12H20N2O2/c1-8(2)14-6-5-11(13-14)7-9(3)10(4)12(15)16/h5-6,8-10H,7H2,1-4H3,(H,15,16). The molecule has 4 nitrogen and oxygen atoms in total. The molecule has 0 saturated heterocycles. The van der Waals surface area contributed by atoms with Gasteiger partial charge in [0, 0.05) is 12.2 Å². The third-order valence-corrected chi connectivity index (χ3v) is 2.97. The Morgan fingerprint density at radius 2 is 2.06 bits per heavy atom. The first-order valence-corrected chi connectivity index (χ1v) is 5.68.